The van der Waals surface area contributed by atoms with Crippen molar-refractivity contribution in [2.24, 2.45) is 5.73 Å². The average Bonchev–Trinajstić information content (AvgIpc) is 3.08. The Balaban J connectivity index is 1.65. The van der Waals surface area contributed by atoms with Crippen LogP contribution in [0, 0.1) is 0 Å². The van der Waals surface area contributed by atoms with Crippen LogP contribution in [0.15, 0.2) is 0 Å². The fourth-order valence-electron chi connectivity index (χ4n) is 3.20. The first-order chi connectivity index (χ1) is 9.90. The van der Waals surface area contributed by atoms with Gasteiger partial charge in [-0.25, -0.2) is 0 Å². The summed E-state index contributed by atoms with van der Waals surface area (Å²) in [5.74, 6) is -0.205. The first-order valence-electron chi connectivity index (χ1n) is 8.37. The van der Waals surface area contributed by atoms with Crippen molar-refractivity contribution in [1.29, 1.82) is 0 Å². The number of likely N-dealkylation sites (N-methyl/N-ethyl adjacent to an activating group) is 1. The molecule has 2 atom stereocenters. The van der Waals surface area contributed by atoms with Crippen LogP contribution in [-0.2, 0) is 4.79 Å². The van der Waals surface area contributed by atoms with Crippen molar-refractivity contribution in [1.82, 2.24) is 15.1 Å². The summed E-state index contributed by atoms with van der Waals surface area (Å²) in [6, 6.07) is 1.22. The zero-order valence-corrected chi connectivity index (χ0v) is 13.9. The van der Waals surface area contributed by atoms with Gasteiger partial charge >= 0.3 is 0 Å². The number of likely N-dealkylation sites (tertiary alicyclic amines) is 1. The highest BCUT2D eigenvalue weighted by Gasteiger charge is 2.36. The number of carbonyl (C=O) groups is 1. The summed E-state index contributed by atoms with van der Waals surface area (Å²) >= 11 is 0. The molecule has 122 valence electrons. The molecule has 0 bridgehead atoms. The lowest BCUT2D eigenvalue weighted by atomic mass is 9.93. The van der Waals surface area contributed by atoms with Crippen molar-refractivity contribution in [3.05, 3.63) is 0 Å². The van der Waals surface area contributed by atoms with Crippen molar-refractivity contribution in [2.45, 2.75) is 63.1 Å². The fraction of sp³-hybridized carbons (Fsp3) is 0.938. The summed E-state index contributed by atoms with van der Waals surface area (Å²) < 4.78 is 0. The second-order valence-electron chi connectivity index (χ2n) is 7.28. The minimum atomic E-state index is -0.516. The number of amides is 1. The summed E-state index contributed by atoms with van der Waals surface area (Å²) in [7, 11) is 4.33. The number of hydrogen-bond donors (Lipinski definition) is 2. The lowest BCUT2D eigenvalue weighted by Gasteiger charge is -2.28. The monoisotopic (exact) mass is 296 g/mol. The molecule has 0 radical (unpaired) electrons. The van der Waals surface area contributed by atoms with Gasteiger partial charge in [0.05, 0.1) is 5.54 Å². The van der Waals surface area contributed by atoms with E-state index in [-0.39, 0.29) is 5.91 Å². The summed E-state index contributed by atoms with van der Waals surface area (Å²) in [4.78, 5) is 16.6. The lowest BCUT2D eigenvalue weighted by Crippen LogP contribution is -2.54. The SMILES string of the molecule is CN(C)C1CCN(CCCCC(C)(NC2CC2)C(N)=O)C1. The molecule has 1 saturated heterocycles. The normalized spacial score (nSPS) is 26.2. The number of hydrogen-bond acceptors (Lipinski definition) is 4. The molecular formula is C16H32N4O. The third-order valence-corrected chi connectivity index (χ3v) is 5.02. The van der Waals surface area contributed by atoms with Crippen molar-refractivity contribution >= 4 is 5.91 Å². The number of nitrogens with zero attached hydrogens (tertiary/aromatic N) is 2. The van der Waals surface area contributed by atoms with Gasteiger partial charge in [-0.3, -0.25) is 4.79 Å². The van der Waals surface area contributed by atoms with E-state index in [1.807, 2.05) is 6.92 Å². The van der Waals surface area contributed by atoms with Crippen LogP contribution in [0.4, 0.5) is 0 Å². The Hall–Kier alpha value is -0.650. The summed E-state index contributed by atoms with van der Waals surface area (Å²) in [5.41, 5.74) is 5.07. The Kier molecular flexibility index (Phi) is 5.63. The van der Waals surface area contributed by atoms with Gasteiger partial charge in [0.25, 0.3) is 0 Å². The molecule has 5 heteroatoms. The molecule has 1 aliphatic carbocycles. The Bertz CT molecular complexity index is 356. The van der Waals surface area contributed by atoms with Crippen molar-refractivity contribution in [2.75, 3.05) is 33.7 Å². The van der Waals surface area contributed by atoms with Crippen LogP contribution in [0.3, 0.4) is 0 Å². The fourth-order valence-corrected chi connectivity index (χ4v) is 3.20. The molecule has 1 heterocycles. The number of nitrogens with one attached hydrogen (secondary N) is 1. The summed E-state index contributed by atoms with van der Waals surface area (Å²) in [5, 5.41) is 3.42. The van der Waals surface area contributed by atoms with E-state index in [1.54, 1.807) is 0 Å². The summed E-state index contributed by atoms with van der Waals surface area (Å²) in [6.07, 6.45) is 6.70. The van der Waals surface area contributed by atoms with E-state index < -0.39 is 5.54 Å². The largest absolute Gasteiger partial charge is 0.368 e. The molecular weight excluding hydrogens is 264 g/mol. The van der Waals surface area contributed by atoms with E-state index >= 15 is 0 Å². The van der Waals surface area contributed by atoms with E-state index in [2.05, 4.69) is 29.2 Å². The maximum absolute atomic E-state index is 11.7. The Morgan fingerprint density at radius 2 is 2.05 bits per heavy atom. The molecule has 1 aliphatic heterocycles. The van der Waals surface area contributed by atoms with Gasteiger partial charge in [0.1, 0.15) is 0 Å². The van der Waals surface area contributed by atoms with E-state index in [0.717, 1.165) is 25.8 Å². The van der Waals surface area contributed by atoms with Crippen LogP contribution < -0.4 is 11.1 Å². The molecule has 0 aromatic rings. The lowest BCUT2D eigenvalue weighted by molar-refractivity contribution is -0.124. The molecule has 2 aliphatic rings. The van der Waals surface area contributed by atoms with Crippen molar-refractivity contribution in [3.8, 4) is 0 Å². The number of carbonyl (C=O) groups excluding carboxylic acids is 1. The molecule has 0 spiro atoms. The standard InChI is InChI=1S/C16H32N4O/c1-16(15(17)21,18-13-6-7-13)9-4-5-10-20-11-8-14(12-20)19(2)3/h13-14,18H,4-12H2,1-3H3,(H2,17,21). The third kappa shape index (κ3) is 4.94. The van der Waals surface area contributed by atoms with Gasteiger partial charge in [0, 0.05) is 18.6 Å². The highest BCUT2D eigenvalue weighted by molar-refractivity contribution is 5.84. The Morgan fingerprint density at radius 1 is 1.33 bits per heavy atom. The first kappa shape index (κ1) is 16.7. The second kappa shape index (κ2) is 7.07. The van der Waals surface area contributed by atoms with E-state index in [1.165, 1.54) is 32.4 Å². The van der Waals surface area contributed by atoms with Crippen molar-refractivity contribution < 1.29 is 4.79 Å². The first-order valence-corrected chi connectivity index (χ1v) is 8.37. The third-order valence-electron chi connectivity index (χ3n) is 5.02. The highest BCUT2D eigenvalue weighted by Crippen LogP contribution is 2.25. The van der Waals surface area contributed by atoms with E-state index in [4.69, 9.17) is 5.73 Å². The van der Waals surface area contributed by atoms with E-state index in [0.29, 0.717) is 12.1 Å². The molecule has 1 saturated carbocycles. The van der Waals surface area contributed by atoms with Gasteiger partial charge < -0.3 is 20.9 Å². The molecule has 2 unspecified atom stereocenters. The van der Waals surface area contributed by atoms with Gasteiger partial charge in [0.15, 0.2) is 0 Å². The predicted octanol–water partition coefficient (Wildman–Crippen LogP) is 0.789. The topological polar surface area (TPSA) is 61.6 Å². The molecule has 0 aromatic heterocycles. The average molecular weight is 296 g/mol. The minimum absolute atomic E-state index is 0.205. The quantitative estimate of drug-likeness (QED) is 0.618. The van der Waals surface area contributed by atoms with Crippen LogP contribution in [0.1, 0.15) is 45.4 Å². The predicted molar refractivity (Wildman–Crippen MR) is 86.1 cm³/mol. The summed E-state index contributed by atoms with van der Waals surface area (Å²) in [6.45, 7) is 5.49. The number of unbranched alkanes of at least 4 members (excludes halogenated alkanes) is 1. The maximum atomic E-state index is 11.7. The molecule has 21 heavy (non-hydrogen) atoms. The highest BCUT2D eigenvalue weighted by atomic mass is 16.1. The molecule has 3 N–H and O–H groups in total. The second-order valence-corrected chi connectivity index (χ2v) is 7.28. The van der Waals surface area contributed by atoms with Gasteiger partial charge in [-0.05, 0) is 72.6 Å². The van der Waals surface area contributed by atoms with Gasteiger partial charge in [0.2, 0.25) is 5.91 Å². The van der Waals surface area contributed by atoms with Gasteiger partial charge in [-0.15, -0.1) is 0 Å². The molecule has 1 amide bonds. The molecule has 0 aromatic carbocycles. The minimum Gasteiger partial charge on any atom is -0.368 e. The molecule has 5 nitrogen and oxygen atoms in total. The van der Waals surface area contributed by atoms with Gasteiger partial charge in [-0.1, -0.05) is 0 Å². The van der Waals surface area contributed by atoms with Crippen LogP contribution in [-0.4, -0.2) is 67.1 Å². The Morgan fingerprint density at radius 3 is 2.57 bits per heavy atom. The maximum Gasteiger partial charge on any atom is 0.237 e. The smallest absolute Gasteiger partial charge is 0.237 e. The molecule has 2 fully saturated rings. The number of nitrogens with two attached hydrogens (primary N) is 1. The molecule has 2 rings (SSSR count). The Labute approximate surface area is 129 Å². The number of primary amides is 1. The van der Waals surface area contributed by atoms with Crippen LogP contribution >= 0.6 is 0 Å². The van der Waals surface area contributed by atoms with Crippen molar-refractivity contribution in [3.63, 3.8) is 0 Å². The zero-order valence-electron chi connectivity index (χ0n) is 13.9. The van der Waals surface area contributed by atoms with E-state index in [9.17, 15) is 4.79 Å². The zero-order chi connectivity index (χ0) is 15.5. The van der Waals surface area contributed by atoms with Crippen LogP contribution in [0.2, 0.25) is 0 Å². The van der Waals surface area contributed by atoms with Crippen LogP contribution in [0.5, 0.6) is 0 Å². The van der Waals surface area contributed by atoms with Gasteiger partial charge in [-0.2, -0.15) is 0 Å². The number of rotatable bonds is 9. The van der Waals surface area contributed by atoms with Crippen LogP contribution in [0.25, 0.3) is 0 Å².